The predicted octanol–water partition coefficient (Wildman–Crippen LogP) is 5.90. The molecule has 0 spiro atoms. The third kappa shape index (κ3) is 13.7. The van der Waals surface area contributed by atoms with Crippen molar-refractivity contribution in [2.75, 3.05) is 0 Å². The first kappa shape index (κ1) is 21.3. The van der Waals surface area contributed by atoms with Crippen LogP contribution in [0.4, 0.5) is 0 Å². The van der Waals surface area contributed by atoms with E-state index in [1.54, 1.807) is 13.0 Å². The molecule has 2 heteroatoms. The molecule has 0 unspecified atom stereocenters. The molecule has 0 fully saturated rings. The fraction of sp³-hybridized carbons (Fsp3) is 0.524. The van der Waals surface area contributed by atoms with Gasteiger partial charge in [-0.25, -0.2) is 0 Å². The van der Waals surface area contributed by atoms with Gasteiger partial charge in [0.15, 0.2) is 5.78 Å². The molecule has 0 amide bonds. The van der Waals surface area contributed by atoms with Crippen molar-refractivity contribution in [2.45, 2.75) is 72.1 Å². The smallest absolute Gasteiger partial charge is 0.181 e. The van der Waals surface area contributed by atoms with E-state index in [2.05, 4.69) is 31.2 Å². The number of ketones is 2. The summed E-state index contributed by atoms with van der Waals surface area (Å²) in [6.07, 6.45) is 22.2. The van der Waals surface area contributed by atoms with Crippen molar-refractivity contribution in [3.63, 3.8) is 0 Å². The van der Waals surface area contributed by atoms with Crippen molar-refractivity contribution in [1.82, 2.24) is 0 Å². The van der Waals surface area contributed by atoms with E-state index in [1.165, 1.54) is 0 Å². The molecule has 23 heavy (non-hydrogen) atoms. The van der Waals surface area contributed by atoms with Gasteiger partial charge in [0.25, 0.3) is 0 Å². The van der Waals surface area contributed by atoms with Crippen LogP contribution in [-0.4, -0.2) is 11.6 Å². The number of hydrogen-bond donors (Lipinski definition) is 0. The molecule has 1 aliphatic rings. The summed E-state index contributed by atoms with van der Waals surface area (Å²) in [6.45, 7) is 5.77. The Hall–Kier alpha value is -1.70. The minimum absolute atomic E-state index is 0.203. The second-order valence-corrected chi connectivity index (χ2v) is 5.67. The van der Waals surface area contributed by atoms with E-state index in [9.17, 15) is 9.59 Å². The Kier molecular flexibility index (Phi) is 14.1. The molecule has 0 aromatic carbocycles. The molecule has 0 N–H and O–H groups in total. The van der Waals surface area contributed by atoms with Crippen LogP contribution < -0.4 is 0 Å². The lowest BCUT2D eigenvalue weighted by Crippen LogP contribution is -1.90. The fourth-order valence-electron chi connectivity index (χ4n) is 2.12. The van der Waals surface area contributed by atoms with Gasteiger partial charge in [0.1, 0.15) is 5.78 Å². The quantitative estimate of drug-likeness (QED) is 0.301. The molecular weight excluding hydrogens is 284 g/mol. The van der Waals surface area contributed by atoms with Crippen molar-refractivity contribution in [2.24, 2.45) is 0 Å². The van der Waals surface area contributed by atoms with Gasteiger partial charge in [-0.05, 0) is 70.4 Å². The minimum Gasteiger partial charge on any atom is -0.300 e. The number of Topliss-reactive ketones (excluding diaryl/α,β-unsaturated/α-hetero) is 1. The lowest BCUT2D eigenvalue weighted by Gasteiger charge is -1.94. The Morgan fingerprint density at radius 2 is 1.87 bits per heavy atom. The van der Waals surface area contributed by atoms with Gasteiger partial charge in [-0.3, -0.25) is 4.79 Å². The third-order valence-corrected chi connectivity index (χ3v) is 3.43. The topological polar surface area (TPSA) is 34.1 Å². The van der Waals surface area contributed by atoms with Crippen LogP contribution in [0.1, 0.15) is 72.1 Å². The summed E-state index contributed by atoms with van der Waals surface area (Å²) < 4.78 is 0. The standard InChI is InChI=1S/C13H18O.C8H14O/c1-2-3-4-5-6-7-9-12-10-8-11-13(12)14;1-3-4-5-6-7-8(2)9/h3-4,8-9,11H,2,5-7,10H2,1H3;3-4H,5-7H2,1-2H3/b4-3-,12-9+;4-3-. The van der Waals surface area contributed by atoms with Crippen LogP contribution in [0.5, 0.6) is 0 Å². The number of hydrogen-bond acceptors (Lipinski definition) is 2. The molecule has 0 aromatic heterocycles. The van der Waals surface area contributed by atoms with Crippen molar-refractivity contribution in [3.05, 3.63) is 48.1 Å². The second kappa shape index (κ2) is 15.2. The minimum atomic E-state index is 0.203. The van der Waals surface area contributed by atoms with Crippen LogP contribution in [0.15, 0.2) is 48.1 Å². The van der Waals surface area contributed by atoms with E-state index in [0.717, 1.165) is 56.9 Å². The highest BCUT2D eigenvalue weighted by molar-refractivity contribution is 6.06. The molecule has 0 heterocycles. The maximum absolute atomic E-state index is 11.2. The lowest BCUT2D eigenvalue weighted by atomic mass is 10.1. The van der Waals surface area contributed by atoms with Crippen LogP contribution >= 0.6 is 0 Å². The zero-order chi connectivity index (χ0) is 17.3. The van der Waals surface area contributed by atoms with Crippen LogP contribution in [0, 0.1) is 0 Å². The maximum atomic E-state index is 11.2. The third-order valence-electron chi connectivity index (χ3n) is 3.43. The van der Waals surface area contributed by atoms with Gasteiger partial charge in [-0.15, -0.1) is 0 Å². The highest BCUT2D eigenvalue weighted by Gasteiger charge is 2.08. The molecule has 2 nitrogen and oxygen atoms in total. The van der Waals surface area contributed by atoms with Crippen LogP contribution in [0.2, 0.25) is 0 Å². The highest BCUT2D eigenvalue weighted by Crippen LogP contribution is 2.14. The van der Waals surface area contributed by atoms with Gasteiger partial charge in [0, 0.05) is 6.42 Å². The Balaban J connectivity index is 0.000000468. The summed E-state index contributed by atoms with van der Waals surface area (Å²) in [5.74, 6) is 0.494. The number of rotatable bonds is 9. The summed E-state index contributed by atoms with van der Waals surface area (Å²) in [4.78, 5) is 21.6. The van der Waals surface area contributed by atoms with Gasteiger partial charge >= 0.3 is 0 Å². The van der Waals surface area contributed by atoms with Gasteiger partial charge in [0.05, 0.1) is 0 Å². The van der Waals surface area contributed by atoms with Crippen molar-refractivity contribution >= 4 is 11.6 Å². The summed E-state index contributed by atoms with van der Waals surface area (Å²) in [5.41, 5.74) is 0.976. The van der Waals surface area contributed by atoms with E-state index >= 15 is 0 Å². The molecule has 1 rings (SSSR count). The molecule has 0 saturated heterocycles. The maximum Gasteiger partial charge on any atom is 0.181 e. The van der Waals surface area contributed by atoms with Crippen molar-refractivity contribution in [1.29, 1.82) is 0 Å². The molecule has 0 bridgehead atoms. The first-order valence-electron chi connectivity index (χ1n) is 8.77. The average molecular weight is 316 g/mol. The Morgan fingerprint density at radius 3 is 2.43 bits per heavy atom. The summed E-state index contributed by atoms with van der Waals surface area (Å²) in [6, 6.07) is 0. The highest BCUT2D eigenvalue weighted by atomic mass is 16.1. The summed E-state index contributed by atoms with van der Waals surface area (Å²) in [5, 5.41) is 0. The van der Waals surface area contributed by atoms with Crippen LogP contribution in [0.25, 0.3) is 0 Å². The van der Waals surface area contributed by atoms with Crippen molar-refractivity contribution in [3.8, 4) is 0 Å². The van der Waals surface area contributed by atoms with E-state index in [4.69, 9.17) is 0 Å². The van der Waals surface area contributed by atoms with E-state index in [0.29, 0.717) is 5.78 Å². The lowest BCUT2D eigenvalue weighted by molar-refractivity contribution is -0.117. The Bertz CT molecular complexity index is 450. The zero-order valence-electron chi connectivity index (χ0n) is 15.0. The number of carbonyl (C=O) groups is 2. The van der Waals surface area contributed by atoms with E-state index in [-0.39, 0.29) is 5.78 Å². The van der Waals surface area contributed by atoms with Gasteiger partial charge in [-0.1, -0.05) is 43.4 Å². The Labute approximate surface area is 142 Å². The SMILES string of the molecule is C/C=C\CCCC(C)=O.CC/C=C\CCC/C=C1\CC=CC1=O. The first-order valence-corrected chi connectivity index (χ1v) is 8.77. The fourth-order valence-corrected chi connectivity index (χ4v) is 2.12. The zero-order valence-corrected chi connectivity index (χ0v) is 15.0. The second-order valence-electron chi connectivity index (χ2n) is 5.67. The predicted molar refractivity (Wildman–Crippen MR) is 99.5 cm³/mol. The average Bonchev–Trinajstić information content (AvgIpc) is 2.93. The summed E-state index contributed by atoms with van der Waals surface area (Å²) >= 11 is 0. The monoisotopic (exact) mass is 316 g/mol. The van der Waals surface area contributed by atoms with Gasteiger partial charge < -0.3 is 4.79 Å². The number of unbranched alkanes of at least 4 members (excludes halogenated alkanes) is 3. The molecular formula is C21H32O2. The Morgan fingerprint density at radius 1 is 1.13 bits per heavy atom. The molecule has 0 radical (unpaired) electrons. The molecule has 128 valence electrons. The molecule has 1 aliphatic carbocycles. The molecule has 0 aliphatic heterocycles. The van der Waals surface area contributed by atoms with Crippen molar-refractivity contribution < 1.29 is 9.59 Å². The largest absolute Gasteiger partial charge is 0.300 e. The molecule has 0 atom stereocenters. The van der Waals surface area contributed by atoms with Crippen LogP contribution in [0.3, 0.4) is 0 Å². The van der Waals surface area contributed by atoms with Crippen LogP contribution in [-0.2, 0) is 9.59 Å². The van der Waals surface area contributed by atoms with Gasteiger partial charge in [0.2, 0.25) is 0 Å². The number of allylic oxidation sites excluding steroid dienone is 8. The van der Waals surface area contributed by atoms with E-state index < -0.39 is 0 Å². The molecule has 0 aromatic rings. The number of carbonyl (C=O) groups excluding carboxylic acids is 2. The van der Waals surface area contributed by atoms with E-state index in [1.807, 2.05) is 19.1 Å². The first-order chi connectivity index (χ1) is 11.1. The molecule has 0 saturated carbocycles. The normalized spacial score (nSPS) is 15.6. The summed E-state index contributed by atoms with van der Waals surface area (Å²) in [7, 11) is 0. The van der Waals surface area contributed by atoms with Gasteiger partial charge in [-0.2, -0.15) is 0 Å².